The highest BCUT2D eigenvalue weighted by Crippen LogP contribution is 2.09. The van der Waals surface area contributed by atoms with Gasteiger partial charge in [0.1, 0.15) is 0 Å². The van der Waals surface area contributed by atoms with E-state index >= 15 is 0 Å². The number of aliphatic imine (C=N–C) groups is 1. The summed E-state index contributed by atoms with van der Waals surface area (Å²) in [6.45, 7) is 1.31. The zero-order valence-electron chi connectivity index (χ0n) is 16.6. The second-order valence-corrected chi connectivity index (χ2v) is 7.96. The van der Waals surface area contributed by atoms with Gasteiger partial charge in [0.25, 0.3) is 5.91 Å². The summed E-state index contributed by atoms with van der Waals surface area (Å²) in [7, 11) is -0.358. The fourth-order valence-electron chi connectivity index (χ4n) is 2.73. The summed E-state index contributed by atoms with van der Waals surface area (Å²) < 4.78 is 22.6. The lowest BCUT2D eigenvalue weighted by Gasteiger charge is -2.12. The molecule has 2 rings (SSSR count). The number of hydrogen-bond donors (Lipinski definition) is 4. The second kappa shape index (κ2) is 10.6. The Hall–Kier alpha value is -2.91. The fraction of sp³-hybridized carbons (Fsp3) is 0.300. The molecule has 8 nitrogen and oxygen atoms in total. The third-order valence-electron chi connectivity index (χ3n) is 4.30. The van der Waals surface area contributed by atoms with E-state index in [1.54, 1.807) is 32.3 Å². The van der Waals surface area contributed by atoms with Crippen molar-refractivity contribution in [3.05, 3.63) is 65.2 Å². The van der Waals surface area contributed by atoms with Crippen LogP contribution in [-0.2, 0) is 22.9 Å². The lowest BCUT2D eigenvalue weighted by Crippen LogP contribution is -2.39. The maximum Gasteiger partial charge on any atom is 0.251 e. The Kier molecular flexibility index (Phi) is 8.17. The first kappa shape index (κ1) is 22.4. The van der Waals surface area contributed by atoms with Crippen molar-refractivity contribution in [1.29, 1.82) is 0 Å². The number of carbonyl (C=O) groups excluding carboxylic acids is 1. The van der Waals surface area contributed by atoms with Gasteiger partial charge in [-0.05, 0) is 48.2 Å². The molecule has 0 bridgehead atoms. The van der Waals surface area contributed by atoms with E-state index in [-0.39, 0.29) is 10.8 Å². The monoisotopic (exact) mass is 417 g/mol. The van der Waals surface area contributed by atoms with E-state index in [0.717, 1.165) is 17.5 Å². The number of hydrogen-bond acceptors (Lipinski definition) is 4. The second-order valence-electron chi connectivity index (χ2n) is 6.39. The molecule has 0 aliphatic carbocycles. The van der Waals surface area contributed by atoms with Crippen LogP contribution in [0.5, 0.6) is 0 Å². The number of rotatable bonds is 8. The van der Waals surface area contributed by atoms with Crippen LogP contribution in [0.4, 0.5) is 0 Å². The molecule has 156 valence electrons. The largest absolute Gasteiger partial charge is 0.356 e. The van der Waals surface area contributed by atoms with Crippen LogP contribution in [0.25, 0.3) is 0 Å². The van der Waals surface area contributed by atoms with Gasteiger partial charge in [-0.25, -0.2) is 13.6 Å². The predicted molar refractivity (Wildman–Crippen MR) is 114 cm³/mol. The van der Waals surface area contributed by atoms with Crippen LogP contribution in [-0.4, -0.2) is 47.5 Å². The molecule has 0 unspecified atom stereocenters. The van der Waals surface area contributed by atoms with Crippen molar-refractivity contribution in [2.24, 2.45) is 10.1 Å². The molecule has 0 heterocycles. The van der Waals surface area contributed by atoms with Gasteiger partial charge < -0.3 is 16.0 Å². The summed E-state index contributed by atoms with van der Waals surface area (Å²) in [4.78, 5) is 16.0. The Labute approximate surface area is 171 Å². The van der Waals surface area contributed by atoms with E-state index < -0.39 is 10.0 Å². The van der Waals surface area contributed by atoms with E-state index in [9.17, 15) is 13.2 Å². The smallest absolute Gasteiger partial charge is 0.251 e. The molecular weight excluding hydrogens is 390 g/mol. The quantitative estimate of drug-likeness (QED) is 0.371. The molecule has 5 N–H and O–H groups in total. The summed E-state index contributed by atoms with van der Waals surface area (Å²) in [5, 5.41) is 14.2. The Morgan fingerprint density at radius 2 is 1.62 bits per heavy atom. The highest BCUT2D eigenvalue weighted by Gasteiger charge is 2.07. The van der Waals surface area contributed by atoms with Gasteiger partial charge in [-0.1, -0.05) is 24.3 Å². The van der Waals surface area contributed by atoms with Crippen LogP contribution in [0, 0.1) is 0 Å². The van der Waals surface area contributed by atoms with Crippen molar-refractivity contribution in [1.82, 2.24) is 16.0 Å². The average molecular weight is 418 g/mol. The maximum atomic E-state index is 11.7. The summed E-state index contributed by atoms with van der Waals surface area (Å²) in [6.07, 6.45) is 1.46. The standard InChI is InChI=1S/C20H27N5O3S/c1-22-19(26)17-5-3-4-16(14-17)11-13-25-20(23-2)24-12-10-15-6-8-18(9-7-15)29(21,27)28/h3-9,14H,10-13H2,1-2H3,(H,22,26)(H2,21,27,28)(H2,23,24,25). The molecular formula is C20H27N5O3S. The summed E-state index contributed by atoms with van der Waals surface area (Å²) in [5.74, 6) is 0.572. The summed E-state index contributed by atoms with van der Waals surface area (Å²) >= 11 is 0. The van der Waals surface area contributed by atoms with Gasteiger partial charge in [-0.2, -0.15) is 0 Å². The summed E-state index contributed by atoms with van der Waals surface area (Å²) in [5.41, 5.74) is 2.69. The molecule has 0 aliphatic rings. The lowest BCUT2D eigenvalue weighted by molar-refractivity contribution is 0.0963. The van der Waals surface area contributed by atoms with E-state index in [1.807, 2.05) is 18.2 Å². The van der Waals surface area contributed by atoms with Crippen LogP contribution in [0.2, 0.25) is 0 Å². The van der Waals surface area contributed by atoms with Crippen molar-refractivity contribution in [3.8, 4) is 0 Å². The predicted octanol–water partition coefficient (Wildman–Crippen LogP) is 0.644. The minimum absolute atomic E-state index is 0.102. The minimum atomic E-state index is -3.67. The summed E-state index contributed by atoms with van der Waals surface area (Å²) in [6, 6.07) is 14.0. The average Bonchev–Trinajstić information content (AvgIpc) is 2.72. The Morgan fingerprint density at radius 3 is 2.17 bits per heavy atom. The molecule has 9 heteroatoms. The van der Waals surface area contributed by atoms with Crippen molar-refractivity contribution in [2.45, 2.75) is 17.7 Å². The van der Waals surface area contributed by atoms with Crippen LogP contribution >= 0.6 is 0 Å². The number of primary sulfonamides is 1. The number of carbonyl (C=O) groups is 1. The molecule has 2 aromatic carbocycles. The zero-order valence-corrected chi connectivity index (χ0v) is 17.4. The van der Waals surface area contributed by atoms with Gasteiger partial charge in [-0.3, -0.25) is 9.79 Å². The number of sulfonamides is 1. The molecule has 0 saturated heterocycles. The Balaban J connectivity index is 1.78. The molecule has 0 aliphatic heterocycles. The lowest BCUT2D eigenvalue weighted by atomic mass is 10.1. The first-order valence-corrected chi connectivity index (χ1v) is 10.8. The normalized spacial score (nSPS) is 11.8. The van der Waals surface area contributed by atoms with E-state index in [4.69, 9.17) is 5.14 Å². The third-order valence-corrected chi connectivity index (χ3v) is 5.23. The van der Waals surface area contributed by atoms with E-state index in [0.29, 0.717) is 31.0 Å². The van der Waals surface area contributed by atoms with Crippen LogP contribution in [0.1, 0.15) is 21.5 Å². The Morgan fingerprint density at radius 1 is 1.00 bits per heavy atom. The number of nitrogens with two attached hydrogens (primary N) is 1. The number of amides is 1. The number of guanidine groups is 1. The number of nitrogens with zero attached hydrogens (tertiary/aromatic N) is 1. The molecule has 0 radical (unpaired) electrons. The van der Waals surface area contributed by atoms with Crippen molar-refractivity contribution < 1.29 is 13.2 Å². The van der Waals surface area contributed by atoms with Gasteiger partial charge in [0.2, 0.25) is 10.0 Å². The first-order chi connectivity index (χ1) is 13.8. The van der Waals surface area contributed by atoms with Crippen molar-refractivity contribution in [3.63, 3.8) is 0 Å². The van der Waals surface area contributed by atoms with Gasteiger partial charge in [-0.15, -0.1) is 0 Å². The van der Waals surface area contributed by atoms with Gasteiger partial charge >= 0.3 is 0 Å². The minimum Gasteiger partial charge on any atom is -0.356 e. The fourth-order valence-corrected chi connectivity index (χ4v) is 3.24. The number of nitrogens with one attached hydrogen (secondary N) is 3. The van der Waals surface area contributed by atoms with Crippen molar-refractivity contribution >= 4 is 21.9 Å². The number of benzene rings is 2. The van der Waals surface area contributed by atoms with E-state index in [2.05, 4.69) is 20.9 Å². The SMILES string of the molecule is CN=C(NCCc1ccc(S(N)(=O)=O)cc1)NCCc1cccc(C(=O)NC)c1. The molecule has 0 fully saturated rings. The first-order valence-electron chi connectivity index (χ1n) is 9.21. The highest BCUT2D eigenvalue weighted by atomic mass is 32.2. The molecule has 0 aromatic heterocycles. The van der Waals surface area contributed by atoms with Crippen LogP contribution < -0.4 is 21.1 Å². The molecule has 0 spiro atoms. The Bertz CT molecular complexity index is 956. The van der Waals surface area contributed by atoms with Crippen LogP contribution in [0.3, 0.4) is 0 Å². The van der Waals surface area contributed by atoms with Crippen LogP contribution in [0.15, 0.2) is 58.4 Å². The molecule has 29 heavy (non-hydrogen) atoms. The van der Waals surface area contributed by atoms with Gasteiger partial charge in [0.05, 0.1) is 4.90 Å². The topological polar surface area (TPSA) is 126 Å². The third kappa shape index (κ3) is 7.20. The molecule has 0 saturated carbocycles. The van der Waals surface area contributed by atoms with Crippen molar-refractivity contribution in [2.75, 3.05) is 27.2 Å². The maximum absolute atomic E-state index is 11.7. The molecule has 0 atom stereocenters. The highest BCUT2D eigenvalue weighted by molar-refractivity contribution is 7.89. The molecule has 1 amide bonds. The zero-order chi connectivity index (χ0) is 21.3. The molecule has 2 aromatic rings. The van der Waals surface area contributed by atoms with Gasteiger partial charge in [0, 0.05) is 32.7 Å². The van der Waals surface area contributed by atoms with Gasteiger partial charge in [0.15, 0.2) is 5.96 Å². The van der Waals surface area contributed by atoms with E-state index in [1.165, 1.54) is 12.1 Å².